The molecule has 2 amide bonds. The number of amides is 2. The summed E-state index contributed by atoms with van der Waals surface area (Å²) in [6.07, 6.45) is 2.36. The third-order valence-corrected chi connectivity index (χ3v) is 6.18. The Kier molecular flexibility index (Phi) is 7.52. The minimum absolute atomic E-state index is 0.0821. The lowest BCUT2D eigenvalue weighted by Gasteiger charge is -2.14. The summed E-state index contributed by atoms with van der Waals surface area (Å²) in [6.45, 7) is 0.350. The van der Waals surface area contributed by atoms with Crippen molar-refractivity contribution in [3.63, 3.8) is 0 Å². The Morgan fingerprint density at radius 2 is 2.03 bits per heavy atom. The van der Waals surface area contributed by atoms with Crippen molar-refractivity contribution in [3.05, 3.63) is 57.4 Å². The summed E-state index contributed by atoms with van der Waals surface area (Å²) >= 11 is 9.86. The Morgan fingerprint density at radius 1 is 1.30 bits per heavy atom. The van der Waals surface area contributed by atoms with Crippen molar-refractivity contribution in [3.8, 4) is 11.5 Å². The fraction of sp³-hybridized carbons (Fsp3) is 0.190. The van der Waals surface area contributed by atoms with Crippen LogP contribution in [0.4, 0.5) is 5.69 Å². The van der Waals surface area contributed by atoms with Gasteiger partial charge in [-0.05, 0) is 55.0 Å². The molecule has 1 aliphatic rings. The van der Waals surface area contributed by atoms with E-state index in [2.05, 4.69) is 21.2 Å². The number of anilines is 1. The van der Waals surface area contributed by atoms with Crippen LogP contribution in [0.1, 0.15) is 18.4 Å². The minimum Gasteiger partial charge on any atom is -0.507 e. The van der Waals surface area contributed by atoms with Crippen molar-refractivity contribution in [1.29, 1.82) is 0 Å². The number of benzene rings is 2. The van der Waals surface area contributed by atoms with Crippen LogP contribution in [0, 0.1) is 0 Å². The highest BCUT2D eigenvalue weighted by Gasteiger charge is 2.31. The lowest BCUT2D eigenvalue weighted by Crippen LogP contribution is -2.29. The molecule has 2 N–H and O–H groups in total. The predicted octanol–water partition coefficient (Wildman–Crippen LogP) is 4.78. The van der Waals surface area contributed by atoms with Crippen molar-refractivity contribution < 1.29 is 19.4 Å². The summed E-state index contributed by atoms with van der Waals surface area (Å²) in [5.74, 6) is 0.436. The maximum atomic E-state index is 12.7. The van der Waals surface area contributed by atoms with E-state index in [4.69, 9.17) is 17.0 Å². The average Bonchev–Trinajstić information content (AvgIpc) is 2.98. The molecule has 0 atom stereocenters. The van der Waals surface area contributed by atoms with Crippen LogP contribution in [-0.2, 0) is 9.59 Å². The molecule has 0 radical (unpaired) electrons. The molecule has 0 saturated carbocycles. The van der Waals surface area contributed by atoms with E-state index in [1.54, 1.807) is 55.7 Å². The van der Waals surface area contributed by atoms with E-state index >= 15 is 0 Å². The zero-order valence-electron chi connectivity index (χ0n) is 16.1. The van der Waals surface area contributed by atoms with Crippen molar-refractivity contribution >= 4 is 67.8 Å². The lowest BCUT2D eigenvalue weighted by atomic mass is 10.2. The van der Waals surface area contributed by atoms with E-state index < -0.39 is 0 Å². The third kappa shape index (κ3) is 5.62. The number of nitrogens with one attached hydrogen (secondary N) is 1. The quantitative estimate of drug-likeness (QED) is 0.415. The van der Waals surface area contributed by atoms with Crippen LogP contribution >= 0.6 is 39.9 Å². The first-order valence-corrected chi connectivity index (χ1v) is 11.1. The molecule has 1 heterocycles. The van der Waals surface area contributed by atoms with Gasteiger partial charge in [-0.15, -0.1) is 0 Å². The van der Waals surface area contributed by atoms with Gasteiger partial charge in [0.25, 0.3) is 5.91 Å². The van der Waals surface area contributed by atoms with Crippen LogP contribution in [0.5, 0.6) is 11.5 Å². The molecular formula is C21H19BrN2O4S2. The number of thioether (sulfide) groups is 1. The van der Waals surface area contributed by atoms with E-state index in [0.717, 1.165) is 4.47 Å². The largest absolute Gasteiger partial charge is 0.507 e. The van der Waals surface area contributed by atoms with E-state index in [-0.39, 0.29) is 24.0 Å². The summed E-state index contributed by atoms with van der Waals surface area (Å²) in [5, 5.41) is 12.8. The van der Waals surface area contributed by atoms with Crippen LogP contribution in [0.15, 0.2) is 51.8 Å². The number of rotatable bonds is 7. The summed E-state index contributed by atoms with van der Waals surface area (Å²) in [5.41, 5.74) is 1.21. The van der Waals surface area contributed by atoms with Gasteiger partial charge in [0.1, 0.15) is 15.8 Å². The molecule has 3 rings (SSSR count). The van der Waals surface area contributed by atoms with Gasteiger partial charge in [-0.1, -0.05) is 39.9 Å². The number of carbonyl (C=O) groups is 2. The van der Waals surface area contributed by atoms with Crippen molar-refractivity contribution in [1.82, 2.24) is 4.90 Å². The van der Waals surface area contributed by atoms with Crippen molar-refractivity contribution in [2.75, 3.05) is 19.0 Å². The van der Waals surface area contributed by atoms with Crippen molar-refractivity contribution in [2.24, 2.45) is 0 Å². The maximum Gasteiger partial charge on any atom is 0.266 e. The maximum absolute atomic E-state index is 12.7. The molecule has 1 saturated heterocycles. The van der Waals surface area contributed by atoms with Crippen LogP contribution in [0.25, 0.3) is 6.08 Å². The van der Waals surface area contributed by atoms with Gasteiger partial charge in [-0.3, -0.25) is 14.5 Å². The van der Waals surface area contributed by atoms with Gasteiger partial charge in [0.05, 0.1) is 12.0 Å². The number of ether oxygens (including phenoxy) is 1. The highest BCUT2D eigenvalue weighted by molar-refractivity contribution is 9.10. The van der Waals surface area contributed by atoms with Gasteiger partial charge in [0.15, 0.2) is 0 Å². The number of hydrogen-bond acceptors (Lipinski definition) is 6. The van der Waals surface area contributed by atoms with Gasteiger partial charge in [0, 0.05) is 28.7 Å². The first-order chi connectivity index (χ1) is 14.4. The highest BCUT2D eigenvalue weighted by atomic mass is 79.9. The molecule has 156 valence electrons. The van der Waals surface area contributed by atoms with Gasteiger partial charge < -0.3 is 15.2 Å². The number of halogens is 1. The smallest absolute Gasteiger partial charge is 0.266 e. The standard InChI is InChI=1S/C21H19BrN2O4S2/c1-28-16-7-5-15(6-8-16)23-19(26)3-2-10-24-20(27)18(30-21(24)29)12-13-11-14(22)4-9-17(13)25/h4-9,11-12,25H,2-3,10H2,1H3,(H,23,26)/b18-12-. The molecule has 6 nitrogen and oxygen atoms in total. The Bertz CT molecular complexity index is 1010. The van der Waals surface area contributed by atoms with Crippen molar-refractivity contribution in [2.45, 2.75) is 12.8 Å². The number of thiocarbonyl (C=S) groups is 1. The summed E-state index contributed by atoms with van der Waals surface area (Å²) < 4.78 is 6.33. The molecule has 0 bridgehead atoms. The molecule has 0 aromatic heterocycles. The third-order valence-electron chi connectivity index (χ3n) is 4.31. The molecule has 0 spiro atoms. The molecule has 2 aromatic carbocycles. The molecule has 30 heavy (non-hydrogen) atoms. The summed E-state index contributed by atoms with van der Waals surface area (Å²) in [4.78, 5) is 26.8. The molecule has 1 aliphatic heterocycles. The van der Waals surface area contributed by atoms with Crippen LogP contribution in [-0.4, -0.2) is 39.8 Å². The number of carbonyl (C=O) groups excluding carboxylic acids is 2. The van der Waals surface area contributed by atoms with E-state index in [1.165, 1.54) is 16.7 Å². The van der Waals surface area contributed by atoms with Gasteiger partial charge in [0.2, 0.25) is 5.91 Å². The van der Waals surface area contributed by atoms with Gasteiger partial charge >= 0.3 is 0 Å². The topological polar surface area (TPSA) is 78.9 Å². The minimum atomic E-state index is -0.222. The number of nitrogens with zero attached hydrogens (tertiary/aromatic N) is 1. The SMILES string of the molecule is COc1ccc(NC(=O)CCCN2C(=O)/C(=C/c3cc(Br)ccc3O)SC2=S)cc1. The number of phenolic OH excluding ortho intramolecular Hbond substituents is 1. The highest BCUT2D eigenvalue weighted by Crippen LogP contribution is 2.34. The predicted molar refractivity (Wildman–Crippen MR) is 127 cm³/mol. The number of aromatic hydroxyl groups is 1. The molecular weight excluding hydrogens is 488 g/mol. The second kappa shape index (κ2) is 10.1. The zero-order chi connectivity index (χ0) is 21.7. The number of phenols is 1. The summed E-state index contributed by atoms with van der Waals surface area (Å²) in [6, 6.07) is 12.1. The van der Waals surface area contributed by atoms with Crippen LogP contribution < -0.4 is 10.1 Å². The first kappa shape index (κ1) is 22.3. The van der Waals surface area contributed by atoms with E-state index in [9.17, 15) is 14.7 Å². The fourth-order valence-corrected chi connectivity index (χ4v) is 4.45. The Balaban J connectivity index is 1.54. The van der Waals surface area contributed by atoms with E-state index in [0.29, 0.717) is 39.2 Å². The number of hydrogen-bond donors (Lipinski definition) is 2. The zero-order valence-corrected chi connectivity index (χ0v) is 19.3. The first-order valence-electron chi connectivity index (χ1n) is 9.05. The average molecular weight is 507 g/mol. The normalized spacial score (nSPS) is 15.0. The molecule has 0 aliphatic carbocycles. The number of methoxy groups -OCH3 is 1. The molecule has 9 heteroatoms. The van der Waals surface area contributed by atoms with Gasteiger partial charge in [-0.25, -0.2) is 0 Å². The van der Waals surface area contributed by atoms with Crippen LogP contribution in [0.2, 0.25) is 0 Å². The molecule has 2 aromatic rings. The van der Waals surface area contributed by atoms with E-state index in [1.807, 2.05) is 0 Å². The molecule has 1 fully saturated rings. The van der Waals surface area contributed by atoms with Gasteiger partial charge in [-0.2, -0.15) is 0 Å². The lowest BCUT2D eigenvalue weighted by molar-refractivity contribution is -0.122. The fourth-order valence-electron chi connectivity index (χ4n) is 2.77. The second-order valence-corrected chi connectivity index (χ2v) is 9.01. The summed E-state index contributed by atoms with van der Waals surface area (Å²) in [7, 11) is 1.58. The second-order valence-electron chi connectivity index (χ2n) is 6.42. The van der Waals surface area contributed by atoms with Crippen LogP contribution in [0.3, 0.4) is 0 Å². The molecule has 0 unspecified atom stereocenters. The monoisotopic (exact) mass is 506 g/mol. The Labute approximate surface area is 192 Å². The Morgan fingerprint density at radius 3 is 2.73 bits per heavy atom. The Hall–Kier alpha value is -2.36.